The summed E-state index contributed by atoms with van der Waals surface area (Å²) in [5.41, 5.74) is 1.33. The molecular weight excluding hydrogens is 334 g/mol. The van der Waals surface area contributed by atoms with Gasteiger partial charge in [0.05, 0.1) is 12.4 Å². The second-order valence-electron chi connectivity index (χ2n) is 5.31. The first-order valence-corrected chi connectivity index (χ1v) is 9.10. The lowest BCUT2D eigenvalue weighted by atomic mass is 9.97. The van der Waals surface area contributed by atoms with Crippen molar-refractivity contribution in [2.45, 2.75) is 42.9 Å². The zero-order valence-electron chi connectivity index (χ0n) is 12.9. The lowest BCUT2D eigenvalue weighted by Gasteiger charge is -2.13. The van der Waals surface area contributed by atoms with Gasteiger partial charge >= 0.3 is 6.09 Å². The summed E-state index contributed by atoms with van der Waals surface area (Å²) in [4.78, 5) is 34.3. The summed E-state index contributed by atoms with van der Waals surface area (Å²) in [7, 11) is 1.23. The predicted molar refractivity (Wildman–Crippen MR) is 89.9 cm³/mol. The lowest BCUT2D eigenvalue weighted by Crippen LogP contribution is -2.35. The molecule has 23 heavy (non-hydrogen) atoms. The first kappa shape index (κ1) is 16.2. The van der Waals surface area contributed by atoms with Gasteiger partial charge in [0.1, 0.15) is 16.2 Å². The zero-order chi connectivity index (χ0) is 16.4. The number of alkyl carbamates (subject to hydrolysis) is 1. The maximum Gasteiger partial charge on any atom is 0.413 e. The number of imide groups is 1. The van der Waals surface area contributed by atoms with E-state index in [2.05, 4.69) is 20.0 Å². The molecule has 0 aliphatic heterocycles. The number of aryl methyl sites for hydroxylation is 2. The van der Waals surface area contributed by atoms with Crippen molar-refractivity contribution in [3.05, 3.63) is 16.8 Å². The summed E-state index contributed by atoms with van der Waals surface area (Å²) < 4.78 is 4.45. The molecule has 2 amide bonds. The number of ether oxygens (including phenoxy) is 1. The van der Waals surface area contributed by atoms with Crippen LogP contribution in [0.3, 0.4) is 0 Å². The van der Waals surface area contributed by atoms with Crippen LogP contribution in [0.4, 0.5) is 4.79 Å². The molecule has 0 saturated heterocycles. The van der Waals surface area contributed by atoms with E-state index in [0.29, 0.717) is 0 Å². The number of methoxy groups -OCH3 is 1. The van der Waals surface area contributed by atoms with Gasteiger partial charge in [0.15, 0.2) is 0 Å². The van der Waals surface area contributed by atoms with E-state index in [1.54, 1.807) is 18.3 Å². The number of carbonyl (C=O) groups excluding carboxylic acids is 2. The molecule has 0 bridgehead atoms. The van der Waals surface area contributed by atoms with Gasteiger partial charge in [-0.15, -0.1) is 11.3 Å². The first-order chi connectivity index (χ1) is 11.1. The largest absolute Gasteiger partial charge is 0.453 e. The number of nitrogens with zero attached hydrogens (tertiary/aromatic N) is 2. The van der Waals surface area contributed by atoms with E-state index >= 15 is 0 Å². The average Bonchev–Trinajstić information content (AvgIpc) is 2.94. The van der Waals surface area contributed by atoms with E-state index in [9.17, 15) is 9.59 Å². The van der Waals surface area contributed by atoms with Crippen molar-refractivity contribution in [1.29, 1.82) is 0 Å². The van der Waals surface area contributed by atoms with Crippen LogP contribution in [0.15, 0.2) is 11.4 Å². The number of thioether (sulfide) groups is 1. The first-order valence-electron chi connectivity index (χ1n) is 7.41. The number of rotatable bonds is 3. The molecular formula is C15H17N3O3S2. The number of hydrogen-bond acceptors (Lipinski definition) is 7. The number of thiophene rings is 1. The van der Waals surface area contributed by atoms with Crippen LogP contribution in [0, 0.1) is 0 Å². The van der Waals surface area contributed by atoms with Crippen LogP contribution in [-0.2, 0) is 22.4 Å². The fraction of sp³-hybridized carbons (Fsp3) is 0.467. The number of carbonyl (C=O) groups is 2. The molecule has 0 saturated carbocycles. The van der Waals surface area contributed by atoms with Gasteiger partial charge in [0.25, 0.3) is 0 Å². The number of amides is 2. The van der Waals surface area contributed by atoms with E-state index in [1.165, 1.54) is 48.5 Å². The molecule has 0 aromatic carbocycles. The Morgan fingerprint density at radius 2 is 2.13 bits per heavy atom. The van der Waals surface area contributed by atoms with Crippen LogP contribution in [0.2, 0.25) is 0 Å². The summed E-state index contributed by atoms with van der Waals surface area (Å²) in [6, 6.07) is 0. The minimum atomic E-state index is -0.747. The molecule has 2 aromatic heterocycles. The van der Waals surface area contributed by atoms with Crippen molar-refractivity contribution in [3.63, 3.8) is 0 Å². The zero-order valence-corrected chi connectivity index (χ0v) is 14.6. The van der Waals surface area contributed by atoms with Crippen molar-refractivity contribution in [2.75, 3.05) is 7.11 Å². The summed E-state index contributed by atoms with van der Waals surface area (Å²) in [6.45, 7) is 1.75. The van der Waals surface area contributed by atoms with Crippen molar-refractivity contribution < 1.29 is 14.3 Å². The maximum absolute atomic E-state index is 12.0. The highest BCUT2D eigenvalue weighted by atomic mass is 32.2. The van der Waals surface area contributed by atoms with Crippen LogP contribution < -0.4 is 5.32 Å². The van der Waals surface area contributed by atoms with Crippen molar-refractivity contribution in [2.24, 2.45) is 0 Å². The molecule has 2 heterocycles. The quantitative estimate of drug-likeness (QED) is 0.676. The number of hydrogen-bond donors (Lipinski definition) is 1. The Morgan fingerprint density at radius 3 is 2.91 bits per heavy atom. The second-order valence-corrected chi connectivity index (χ2v) is 7.72. The van der Waals surface area contributed by atoms with Crippen LogP contribution in [0.25, 0.3) is 10.2 Å². The fourth-order valence-corrected chi connectivity index (χ4v) is 4.86. The molecule has 1 aliphatic carbocycles. The van der Waals surface area contributed by atoms with Gasteiger partial charge in [-0.25, -0.2) is 14.8 Å². The molecule has 1 atom stereocenters. The van der Waals surface area contributed by atoms with E-state index in [1.807, 2.05) is 0 Å². The van der Waals surface area contributed by atoms with Crippen molar-refractivity contribution in [3.8, 4) is 0 Å². The summed E-state index contributed by atoms with van der Waals surface area (Å²) >= 11 is 3.07. The SMILES string of the molecule is COC(=O)NC(=O)[C@H](C)Sc1ncnc2sc3c(c12)CCCC3. The molecule has 3 rings (SSSR count). The molecule has 1 aliphatic rings. The second kappa shape index (κ2) is 6.84. The molecule has 0 unspecified atom stereocenters. The average molecular weight is 351 g/mol. The summed E-state index contributed by atoms with van der Waals surface area (Å²) in [5, 5.41) is 3.63. The third-order valence-corrected chi connectivity index (χ3v) is 6.09. The standard InChI is InChI=1S/C15H17N3O3S2/c1-8(12(19)18-15(20)21-2)22-13-11-9-5-3-4-6-10(9)23-14(11)17-7-16-13/h7-8H,3-6H2,1-2H3,(H,18,19,20)/t8-/m0/s1. The molecule has 2 aromatic rings. The molecule has 0 spiro atoms. The number of aromatic nitrogens is 2. The Bertz CT molecular complexity index is 760. The van der Waals surface area contributed by atoms with E-state index in [0.717, 1.165) is 28.1 Å². The Morgan fingerprint density at radius 1 is 1.35 bits per heavy atom. The van der Waals surface area contributed by atoms with E-state index < -0.39 is 17.3 Å². The number of fused-ring (bicyclic) bond motifs is 3. The molecule has 0 fully saturated rings. The van der Waals surface area contributed by atoms with Crippen molar-refractivity contribution in [1.82, 2.24) is 15.3 Å². The molecule has 122 valence electrons. The summed E-state index contributed by atoms with van der Waals surface area (Å²) in [6.07, 6.45) is 5.32. The fourth-order valence-electron chi connectivity index (χ4n) is 2.62. The van der Waals surface area contributed by atoms with Gasteiger partial charge in [-0.2, -0.15) is 0 Å². The maximum atomic E-state index is 12.0. The third-order valence-electron chi connectivity index (χ3n) is 3.78. The van der Waals surface area contributed by atoms with Gasteiger partial charge in [-0.05, 0) is 38.2 Å². The molecule has 6 nitrogen and oxygen atoms in total. The predicted octanol–water partition coefficient (Wildman–Crippen LogP) is 2.93. The van der Waals surface area contributed by atoms with Gasteiger partial charge in [-0.1, -0.05) is 11.8 Å². The van der Waals surface area contributed by atoms with Gasteiger partial charge in [-0.3, -0.25) is 10.1 Å². The Kier molecular flexibility index (Phi) is 4.82. The highest BCUT2D eigenvalue weighted by molar-refractivity contribution is 8.00. The minimum absolute atomic E-state index is 0.391. The normalized spacial score (nSPS) is 15.0. The van der Waals surface area contributed by atoms with Crippen LogP contribution in [-0.4, -0.2) is 34.3 Å². The molecule has 0 radical (unpaired) electrons. The molecule has 8 heteroatoms. The monoisotopic (exact) mass is 351 g/mol. The third kappa shape index (κ3) is 3.32. The lowest BCUT2D eigenvalue weighted by molar-refractivity contribution is -0.119. The smallest absolute Gasteiger partial charge is 0.413 e. The van der Waals surface area contributed by atoms with E-state index in [-0.39, 0.29) is 0 Å². The Hall–Kier alpha value is -1.67. The van der Waals surface area contributed by atoms with Crippen molar-refractivity contribution >= 4 is 45.3 Å². The van der Waals surface area contributed by atoms with Gasteiger partial charge < -0.3 is 4.74 Å². The number of nitrogens with one attached hydrogen (secondary N) is 1. The highest BCUT2D eigenvalue weighted by Crippen LogP contribution is 2.40. The van der Waals surface area contributed by atoms with Crippen LogP contribution in [0.5, 0.6) is 0 Å². The van der Waals surface area contributed by atoms with Gasteiger partial charge in [0, 0.05) is 10.3 Å². The van der Waals surface area contributed by atoms with Gasteiger partial charge in [0.2, 0.25) is 5.91 Å². The van der Waals surface area contributed by atoms with Crippen LogP contribution in [0.1, 0.15) is 30.2 Å². The highest BCUT2D eigenvalue weighted by Gasteiger charge is 2.23. The topological polar surface area (TPSA) is 81.2 Å². The minimum Gasteiger partial charge on any atom is -0.453 e. The van der Waals surface area contributed by atoms with Crippen LogP contribution >= 0.6 is 23.1 Å². The Labute approximate surface area is 142 Å². The Balaban J connectivity index is 1.86. The summed E-state index contributed by atoms with van der Waals surface area (Å²) in [5.74, 6) is -0.391. The molecule has 1 N–H and O–H groups in total. The van der Waals surface area contributed by atoms with E-state index in [4.69, 9.17) is 0 Å².